The quantitative estimate of drug-likeness (QED) is 0.823. The molecule has 0 bridgehead atoms. The van der Waals surface area contributed by atoms with Crippen LogP contribution in [0.5, 0.6) is 5.88 Å². The van der Waals surface area contributed by atoms with E-state index in [1.807, 2.05) is 23.1 Å². The summed E-state index contributed by atoms with van der Waals surface area (Å²) in [7, 11) is 0. The Kier molecular flexibility index (Phi) is 4.80. The Morgan fingerprint density at radius 2 is 2.04 bits per heavy atom. The minimum absolute atomic E-state index is 0.0120. The average molecular weight is 378 g/mol. The van der Waals surface area contributed by atoms with Crippen molar-refractivity contribution >= 4 is 32.7 Å². The zero-order chi connectivity index (χ0) is 16.4. The molecule has 1 aromatic carbocycles. The van der Waals surface area contributed by atoms with E-state index in [-0.39, 0.29) is 12.5 Å². The van der Waals surface area contributed by atoms with E-state index in [9.17, 15) is 4.79 Å². The maximum atomic E-state index is 12.4. The van der Waals surface area contributed by atoms with Crippen molar-refractivity contribution in [2.75, 3.05) is 19.7 Å². The first kappa shape index (κ1) is 16.2. The molecule has 0 saturated carbocycles. The Labute approximate surface area is 144 Å². The summed E-state index contributed by atoms with van der Waals surface area (Å²) in [4.78, 5) is 22.7. The van der Waals surface area contributed by atoms with Crippen molar-refractivity contribution in [2.24, 2.45) is 11.8 Å². The predicted octanol–water partition coefficient (Wildman–Crippen LogP) is 3.28. The SMILES string of the molecule is CC1CC(C)CN(C(=O)COc2ncnc3ccc(Br)cc23)C1. The highest BCUT2D eigenvalue weighted by molar-refractivity contribution is 9.10. The normalized spacial score (nSPS) is 21.4. The van der Waals surface area contributed by atoms with Gasteiger partial charge in [-0.2, -0.15) is 0 Å². The molecular weight excluding hydrogens is 358 g/mol. The number of nitrogens with zero attached hydrogens (tertiary/aromatic N) is 3. The number of rotatable bonds is 3. The highest BCUT2D eigenvalue weighted by atomic mass is 79.9. The number of amides is 1. The number of hydrogen-bond donors (Lipinski definition) is 0. The average Bonchev–Trinajstić information content (AvgIpc) is 2.51. The van der Waals surface area contributed by atoms with Crippen LogP contribution in [0, 0.1) is 11.8 Å². The van der Waals surface area contributed by atoms with Gasteiger partial charge in [0.2, 0.25) is 5.88 Å². The van der Waals surface area contributed by atoms with Crippen LogP contribution >= 0.6 is 15.9 Å². The zero-order valence-electron chi connectivity index (χ0n) is 13.3. The summed E-state index contributed by atoms with van der Waals surface area (Å²) in [5, 5.41) is 0.801. The summed E-state index contributed by atoms with van der Waals surface area (Å²) in [6, 6.07) is 5.71. The van der Waals surface area contributed by atoms with Gasteiger partial charge in [-0.3, -0.25) is 4.79 Å². The molecule has 1 fully saturated rings. The van der Waals surface area contributed by atoms with Crippen LogP contribution in [0.2, 0.25) is 0 Å². The van der Waals surface area contributed by atoms with Gasteiger partial charge in [-0.15, -0.1) is 0 Å². The first-order chi connectivity index (χ1) is 11.0. The molecule has 0 radical (unpaired) electrons. The Bertz CT molecular complexity index is 712. The van der Waals surface area contributed by atoms with Crippen LogP contribution in [0.1, 0.15) is 20.3 Å². The lowest BCUT2D eigenvalue weighted by Crippen LogP contribution is -2.44. The van der Waals surface area contributed by atoms with E-state index >= 15 is 0 Å². The van der Waals surface area contributed by atoms with Crippen LogP contribution < -0.4 is 4.74 Å². The smallest absolute Gasteiger partial charge is 0.260 e. The molecule has 3 rings (SSSR count). The van der Waals surface area contributed by atoms with Crippen molar-refractivity contribution in [3.63, 3.8) is 0 Å². The molecular formula is C17H20BrN3O2. The van der Waals surface area contributed by atoms with Gasteiger partial charge in [0.05, 0.1) is 10.9 Å². The number of ether oxygens (including phenoxy) is 1. The van der Waals surface area contributed by atoms with Crippen molar-refractivity contribution in [1.82, 2.24) is 14.9 Å². The van der Waals surface area contributed by atoms with Crippen LogP contribution in [-0.4, -0.2) is 40.5 Å². The van der Waals surface area contributed by atoms with Gasteiger partial charge in [-0.25, -0.2) is 9.97 Å². The first-order valence-corrected chi connectivity index (χ1v) is 8.63. The molecule has 1 aliphatic rings. The van der Waals surface area contributed by atoms with Crippen LogP contribution in [-0.2, 0) is 4.79 Å². The molecule has 1 aromatic heterocycles. The largest absolute Gasteiger partial charge is 0.467 e. The van der Waals surface area contributed by atoms with Gasteiger partial charge in [0, 0.05) is 17.6 Å². The number of benzene rings is 1. The maximum Gasteiger partial charge on any atom is 0.260 e. The van der Waals surface area contributed by atoms with E-state index < -0.39 is 0 Å². The Morgan fingerprint density at radius 3 is 2.78 bits per heavy atom. The molecule has 0 aliphatic carbocycles. The van der Waals surface area contributed by atoms with Gasteiger partial charge in [0.25, 0.3) is 5.91 Å². The van der Waals surface area contributed by atoms with Gasteiger partial charge in [0.15, 0.2) is 6.61 Å². The molecule has 122 valence electrons. The lowest BCUT2D eigenvalue weighted by Gasteiger charge is -2.34. The Morgan fingerprint density at radius 1 is 1.30 bits per heavy atom. The number of likely N-dealkylation sites (tertiary alicyclic amines) is 1. The van der Waals surface area contributed by atoms with Gasteiger partial charge in [-0.1, -0.05) is 29.8 Å². The lowest BCUT2D eigenvalue weighted by atomic mass is 9.92. The van der Waals surface area contributed by atoms with Crippen molar-refractivity contribution in [3.8, 4) is 5.88 Å². The van der Waals surface area contributed by atoms with Crippen molar-refractivity contribution in [2.45, 2.75) is 20.3 Å². The zero-order valence-corrected chi connectivity index (χ0v) is 14.9. The molecule has 2 aromatic rings. The molecule has 0 spiro atoms. The third-order valence-electron chi connectivity index (χ3n) is 4.11. The van der Waals surface area contributed by atoms with Crippen LogP contribution in [0.3, 0.4) is 0 Å². The fourth-order valence-electron chi connectivity index (χ4n) is 3.21. The number of carbonyl (C=O) groups is 1. The molecule has 1 aliphatic heterocycles. The molecule has 0 N–H and O–H groups in total. The number of halogens is 1. The molecule has 5 nitrogen and oxygen atoms in total. The number of carbonyl (C=O) groups excluding carboxylic acids is 1. The number of fused-ring (bicyclic) bond motifs is 1. The lowest BCUT2D eigenvalue weighted by molar-refractivity contribution is -0.136. The maximum absolute atomic E-state index is 12.4. The Hall–Kier alpha value is -1.69. The fourth-order valence-corrected chi connectivity index (χ4v) is 3.57. The third-order valence-corrected chi connectivity index (χ3v) is 4.61. The Balaban J connectivity index is 1.71. The van der Waals surface area contributed by atoms with E-state index in [1.54, 1.807) is 0 Å². The minimum atomic E-state index is 0.0120. The second-order valence-electron chi connectivity index (χ2n) is 6.37. The second kappa shape index (κ2) is 6.83. The van der Waals surface area contributed by atoms with Gasteiger partial charge in [0.1, 0.15) is 6.33 Å². The summed E-state index contributed by atoms with van der Waals surface area (Å²) < 4.78 is 6.62. The number of hydrogen-bond acceptors (Lipinski definition) is 4. The summed E-state index contributed by atoms with van der Waals surface area (Å²) in [6.45, 7) is 6.00. The predicted molar refractivity (Wildman–Crippen MR) is 92.3 cm³/mol. The van der Waals surface area contributed by atoms with E-state index in [1.165, 1.54) is 12.7 Å². The minimum Gasteiger partial charge on any atom is -0.467 e. The van der Waals surface area contributed by atoms with Gasteiger partial charge in [-0.05, 0) is 36.5 Å². The van der Waals surface area contributed by atoms with Crippen LogP contribution in [0.4, 0.5) is 0 Å². The third kappa shape index (κ3) is 3.80. The summed E-state index contributed by atoms with van der Waals surface area (Å²) in [6.07, 6.45) is 2.64. The highest BCUT2D eigenvalue weighted by Gasteiger charge is 2.25. The highest BCUT2D eigenvalue weighted by Crippen LogP contribution is 2.25. The summed E-state index contributed by atoms with van der Waals surface area (Å²) in [5.74, 6) is 1.55. The molecule has 23 heavy (non-hydrogen) atoms. The molecule has 6 heteroatoms. The van der Waals surface area contributed by atoms with E-state index in [2.05, 4.69) is 39.7 Å². The standard InChI is InChI=1S/C17H20BrN3O2/c1-11-5-12(2)8-21(7-11)16(22)9-23-17-14-6-13(18)3-4-15(14)19-10-20-17/h3-4,6,10-12H,5,7-9H2,1-2H3. The molecule has 2 atom stereocenters. The van der Waals surface area contributed by atoms with Crippen molar-refractivity contribution < 1.29 is 9.53 Å². The molecule has 2 heterocycles. The van der Waals surface area contributed by atoms with Crippen LogP contribution in [0.15, 0.2) is 29.0 Å². The number of aromatic nitrogens is 2. The number of piperidine rings is 1. The monoisotopic (exact) mass is 377 g/mol. The topological polar surface area (TPSA) is 55.3 Å². The molecule has 2 unspecified atom stereocenters. The summed E-state index contributed by atoms with van der Waals surface area (Å²) >= 11 is 3.44. The molecule has 1 amide bonds. The van der Waals surface area contributed by atoms with Crippen molar-refractivity contribution in [1.29, 1.82) is 0 Å². The van der Waals surface area contributed by atoms with Crippen LogP contribution in [0.25, 0.3) is 10.9 Å². The fraction of sp³-hybridized carbons (Fsp3) is 0.471. The van der Waals surface area contributed by atoms with Gasteiger partial charge < -0.3 is 9.64 Å². The van der Waals surface area contributed by atoms with E-state index in [0.717, 1.165) is 28.5 Å². The molecule has 1 saturated heterocycles. The van der Waals surface area contributed by atoms with E-state index in [0.29, 0.717) is 17.7 Å². The van der Waals surface area contributed by atoms with E-state index in [4.69, 9.17) is 4.74 Å². The van der Waals surface area contributed by atoms with Crippen molar-refractivity contribution in [3.05, 3.63) is 29.0 Å². The second-order valence-corrected chi connectivity index (χ2v) is 7.29. The first-order valence-electron chi connectivity index (χ1n) is 7.83. The summed E-state index contributed by atoms with van der Waals surface area (Å²) in [5.41, 5.74) is 0.797. The van der Waals surface area contributed by atoms with Gasteiger partial charge >= 0.3 is 0 Å².